The number of nitrogens with zero attached hydrogens (tertiary/aromatic N) is 3. The summed E-state index contributed by atoms with van der Waals surface area (Å²) in [4.78, 5) is 30.7. The molecule has 14 nitrogen and oxygen atoms in total. The molecule has 0 aromatic heterocycles. The van der Waals surface area contributed by atoms with E-state index in [4.69, 9.17) is 33.2 Å². The zero-order chi connectivity index (χ0) is 38.4. The van der Waals surface area contributed by atoms with Gasteiger partial charge < -0.3 is 43.8 Å². The molecule has 2 aromatic rings. The second-order valence-corrected chi connectivity index (χ2v) is 15.0. The molecule has 0 aliphatic carbocycles. The van der Waals surface area contributed by atoms with Gasteiger partial charge in [-0.1, -0.05) is 18.7 Å². The van der Waals surface area contributed by atoms with Crippen molar-refractivity contribution in [1.82, 2.24) is 20.4 Å². The van der Waals surface area contributed by atoms with Crippen LogP contribution in [-0.4, -0.2) is 99.6 Å². The van der Waals surface area contributed by atoms with Crippen molar-refractivity contribution in [2.45, 2.75) is 96.2 Å². The topological polar surface area (TPSA) is 153 Å². The quantitative estimate of drug-likeness (QED) is 0.249. The highest BCUT2D eigenvalue weighted by atomic mass is 16.7. The van der Waals surface area contributed by atoms with E-state index in [1.807, 2.05) is 13.8 Å². The van der Waals surface area contributed by atoms with Gasteiger partial charge in [-0.05, 0) is 72.6 Å². The van der Waals surface area contributed by atoms with E-state index in [1.54, 1.807) is 48.0 Å². The van der Waals surface area contributed by atoms with Crippen LogP contribution in [0.25, 0.3) is 0 Å². The van der Waals surface area contributed by atoms with Crippen LogP contribution in [0.3, 0.4) is 0 Å². The first-order valence-corrected chi connectivity index (χ1v) is 17.9. The van der Waals surface area contributed by atoms with Crippen LogP contribution in [0.5, 0.6) is 28.7 Å². The van der Waals surface area contributed by atoms with Gasteiger partial charge in [-0.2, -0.15) is 5.26 Å². The third-order valence-corrected chi connectivity index (χ3v) is 10.5. The molecule has 0 saturated carbocycles. The number of hydrogen-bond acceptors (Lipinski definition) is 12. The minimum absolute atomic E-state index is 0.0231. The molecule has 14 heteroatoms. The summed E-state index contributed by atoms with van der Waals surface area (Å²) in [5.74, 6) is 2.63. The Hall–Kier alpha value is -4.71. The zero-order valence-corrected chi connectivity index (χ0v) is 32.1. The maximum absolute atomic E-state index is 13.7. The Morgan fingerprint density at radius 1 is 1.09 bits per heavy atom. The molecule has 4 heterocycles. The van der Waals surface area contributed by atoms with Crippen molar-refractivity contribution >= 4 is 12.0 Å². The number of methoxy groups -OCH3 is 2. The fourth-order valence-corrected chi connectivity index (χ4v) is 8.50. The van der Waals surface area contributed by atoms with E-state index in [-0.39, 0.29) is 44.9 Å². The van der Waals surface area contributed by atoms with Crippen LogP contribution in [-0.2, 0) is 27.1 Å². The maximum atomic E-state index is 13.7. The number of nitriles is 1. The van der Waals surface area contributed by atoms with Gasteiger partial charge in [0.25, 0.3) is 0 Å². The molecular weight excluding hydrogens is 682 g/mol. The predicted octanol–water partition coefficient (Wildman–Crippen LogP) is 4.39. The summed E-state index contributed by atoms with van der Waals surface area (Å²) in [6, 6.07) is 2.01. The third-order valence-electron chi connectivity index (χ3n) is 10.5. The maximum Gasteiger partial charge on any atom is 0.408 e. The number of benzene rings is 2. The van der Waals surface area contributed by atoms with E-state index in [9.17, 15) is 14.9 Å². The average Bonchev–Trinajstić information content (AvgIpc) is 3.59. The van der Waals surface area contributed by atoms with Crippen LogP contribution in [0.2, 0.25) is 0 Å². The Bertz CT molecular complexity index is 1820. The molecule has 0 spiro atoms. The summed E-state index contributed by atoms with van der Waals surface area (Å²) in [6.45, 7) is 15.1. The van der Waals surface area contributed by atoms with Crippen LogP contribution < -0.4 is 34.3 Å². The van der Waals surface area contributed by atoms with Crippen molar-refractivity contribution in [2.75, 3.05) is 48.0 Å². The van der Waals surface area contributed by atoms with E-state index in [0.717, 1.165) is 33.4 Å². The Morgan fingerprint density at radius 3 is 2.49 bits per heavy atom. The summed E-state index contributed by atoms with van der Waals surface area (Å²) in [5.41, 5.74) is 4.77. The van der Waals surface area contributed by atoms with Gasteiger partial charge in [-0.15, -0.1) is 0 Å². The number of amides is 2. The molecule has 0 radical (unpaired) electrons. The molecule has 4 aliphatic heterocycles. The van der Waals surface area contributed by atoms with Crippen molar-refractivity contribution in [1.29, 1.82) is 5.26 Å². The molecule has 1 saturated heterocycles. The molecular formula is C39H51N5O9. The number of ether oxygens (including phenoxy) is 7. The number of aryl methyl sites for hydroxylation is 1. The molecule has 2 N–H and O–H groups in total. The summed E-state index contributed by atoms with van der Waals surface area (Å²) in [7, 11) is 5.27. The van der Waals surface area contributed by atoms with Crippen molar-refractivity contribution in [3.63, 3.8) is 0 Å². The number of fused-ring (bicyclic) bond motifs is 9. The van der Waals surface area contributed by atoms with E-state index in [2.05, 4.69) is 46.2 Å². The van der Waals surface area contributed by atoms with Gasteiger partial charge in [0, 0.05) is 48.0 Å². The molecule has 2 amide bonds. The lowest BCUT2D eigenvalue weighted by Gasteiger charge is -2.60. The molecule has 2 bridgehead atoms. The molecule has 4 aliphatic rings. The minimum atomic E-state index is -0.903. The summed E-state index contributed by atoms with van der Waals surface area (Å²) >= 11 is 0. The summed E-state index contributed by atoms with van der Waals surface area (Å²) in [6.07, 6.45) is 2.07. The second kappa shape index (κ2) is 15.0. The van der Waals surface area contributed by atoms with Crippen molar-refractivity contribution in [3.8, 4) is 34.8 Å². The predicted molar refractivity (Wildman–Crippen MR) is 195 cm³/mol. The lowest BCUT2D eigenvalue weighted by Crippen LogP contribution is -2.69. The number of nitrogens with one attached hydrogen (secondary N) is 2. The lowest BCUT2D eigenvalue weighted by molar-refractivity contribution is -0.123. The number of rotatable bonds is 11. The Balaban J connectivity index is 1.50. The van der Waals surface area contributed by atoms with Crippen LogP contribution in [0.1, 0.15) is 73.2 Å². The normalized spacial score (nSPS) is 23.4. The molecule has 286 valence electrons. The standard InChI is InChI=1S/C39H51N5O9/c1-11-12-49-33-21(3)34-36(52-19-51-34)30-24(33)15-26-31-29-23(13-20(2)32(48-10)35(29)50-18-47-9)14-25(43(31)8)27(16-40)44(26)28(30)17-41-37(45)22(4)42-38(46)53-39(5,6)7/h11,13,22,25-28,31H,1,12,14-15,17-19H2,2-10H3,(H,41,45)(H,42,46)/t22-,25?,26?,27-,28-,31-/m0/s1. The molecule has 2 unspecified atom stereocenters. The first-order valence-electron chi connectivity index (χ1n) is 17.9. The summed E-state index contributed by atoms with van der Waals surface area (Å²) < 4.78 is 41.6. The molecule has 6 rings (SSSR count). The Kier molecular flexibility index (Phi) is 10.7. The monoisotopic (exact) mass is 733 g/mol. The smallest absolute Gasteiger partial charge is 0.408 e. The van der Waals surface area contributed by atoms with E-state index >= 15 is 0 Å². The number of carbonyl (C=O) groups is 2. The van der Waals surface area contributed by atoms with Gasteiger partial charge in [0.15, 0.2) is 29.8 Å². The van der Waals surface area contributed by atoms with E-state index in [1.165, 1.54) is 0 Å². The van der Waals surface area contributed by atoms with Gasteiger partial charge in [-0.3, -0.25) is 14.6 Å². The van der Waals surface area contributed by atoms with Gasteiger partial charge >= 0.3 is 6.09 Å². The van der Waals surface area contributed by atoms with E-state index in [0.29, 0.717) is 41.6 Å². The fraction of sp³-hybridized carbons (Fsp3) is 0.564. The first kappa shape index (κ1) is 38.0. The van der Waals surface area contributed by atoms with Gasteiger partial charge in [0.1, 0.15) is 30.0 Å². The Morgan fingerprint density at radius 2 is 1.83 bits per heavy atom. The van der Waals surface area contributed by atoms with Gasteiger partial charge in [0.05, 0.1) is 25.3 Å². The third kappa shape index (κ3) is 6.82. The highest BCUT2D eigenvalue weighted by Gasteiger charge is 2.57. The highest BCUT2D eigenvalue weighted by Crippen LogP contribution is 2.58. The molecule has 53 heavy (non-hydrogen) atoms. The zero-order valence-electron chi connectivity index (χ0n) is 32.1. The van der Waals surface area contributed by atoms with Gasteiger partial charge in [0.2, 0.25) is 12.7 Å². The van der Waals surface area contributed by atoms with Crippen molar-refractivity contribution in [2.24, 2.45) is 0 Å². The first-order chi connectivity index (χ1) is 25.3. The number of likely N-dealkylation sites (N-methyl/N-ethyl adjacent to an activating group) is 1. The molecule has 6 atom stereocenters. The summed E-state index contributed by atoms with van der Waals surface area (Å²) in [5, 5.41) is 16.7. The second-order valence-electron chi connectivity index (χ2n) is 15.0. The number of alkyl carbamates (subject to hydrolysis) is 1. The fourth-order valence-electron chi connectivity index (χ4n) is 8.50. The van der Waals surface area contributed by atoms with Crippen LogP contribution in [0.4, 0.5) is 4.79 Å². The molecule has 1 fully saturated rings. The Labute approximate surface area is 311 Å². The minimum Gasteiger partial charge on any atom is -0.493 e. The number of hydrogen-bond donors (Lipinski definition) is 2. The highest BCUT2D eigenvalue weighted by molar-refractivity contribution is 5.85. The average molecular weight is 734 g/mol. The van der Waals surface area contributed by atoms with Crippen LogP contribution in [0.15, 0.2) is 18.7 Å². The molecule has 2 aromatic carbocycles. The lowest BCUT2D eigenvalue weighted by atomic mass is 9.71. The SMILES string of the molecule is C=CCOc1c(C)c2c(c3c1CC1[C@H]4c5c(cc(C)c(OC)c5OCOC)CC([C@H](C#N)N1[C@H]3CNC(=O)[C@H](C)NC(=O)OC(C)(C)C)N4C)OCO2. The van der Waals surface area contributed by atoms with Crippen LogP contribution in [0, 0.1) is 25.2 Å². The number of carbonyl (C=O) groups excluding carboxylic acids is 2. The van der Waals surface area contributed by atoms with Gasteiger partial charge in [-0.25, -0.2) is 4.79 Å². The largest absolute Gasteiger partial charge is 0.493 e. The van der Waals surface area contributed by atoms with E-state index < -0.39 is 35.7 Å². The number of piperazine rings is 1. The van der Waals surface area contributed by atoms with Crippen LogP contribution >= 0.6 is 0 Å². The van der Waals surface area contributed by atoms with Crippen molar-refractivity contribution < 1.29 is 42.7 Å². The van der Waals surface area contributed by atoms with Crippen molar-refractivity contribution in [3.05, 3.63) is 52.1 Å².